The Hall–Kier alpha value is -15.0. The summed E-state index contributed by atoms with van der Waals surface area (Å²) in [5, 5.41) is 37.5. The lowest BCUT2D eigenvalue weighted by atomic mass is 9.81. The zero-order chi connectivity index (χ0) is 74.8. The van der Waals surface area contributed by atoms with E-state index in [4.69, 9.17) is 4.42 Å². The van der Waals surface area contributed by atoms with E-state index < -0.39 is 0 Å². The zero-order valence-corrected chi connectivity index (χ0v) is 62.4. The van der Waals surface area contributed by atoms with E-state index in [9.17, 15) is 0 Å². The minimum atomic E-state index is 0.861. The Balaban J connectivity index is 0.613. The molecule has 1 heterocycles. The van der Waals surface area contributed by atoms with Crippen LogP contribution in [-0.2, 0) is 0 Å². The highest BCUT2D eigenvalue weighted by Crippen LogP contribution is 2.53. The molecule has 0 radical (unpaired) electrons. The molecule has 25 aromatic carbocycles. The van der Waals surface area contributed by atoms with Gasteiger partial charge in [-0.1, -0.05) is 334 Å². The molecular formula is C114H64O. The average molecular weight is 1450 g/mol. The van der Waals surface area contributed by atoms with Gasteiger partial charge in [-0.3, -0.25) is 0 Å². The van der Waals surface area contributed by atoms with E-state index in [-0.39, 0.29) is 0 Å². The van der Waals surface area contributed by atoms with Crippen molar-refractivity contribution in [3.8, 4) is 100 Å². The summed E-state index contributed by atoms with van der Waals surface area (Å²) < 4.78 is 7.01. The molecular weight excluding hydrogens is 1390 g/mol. The molecule has 526 valence electrons. The van der Waals surface area contributed by atoms with Gasteiger partial charge in [0.15, 0.2) is 0 Å². The SMILES string of the molecule is c1ccc(-c2cccc(-c3cc(-c4ccc5ccc6cccc7ccc4c5c67)cc4ccccc34)c2-c2ccc3ccc4c(-c5ccc6c(c5)oc5ccc(-c7ccc(-c8cc(-c9ccc%10ccc%11cccc%12ccc9c%10c%11%12)c9ccccc9c8)c(-c8ccc9ccc%10cccc%11ccc8c9c%10%11)c7)cc56)ccc5ccc2c3c54)cc1. The largest absolute Gasteiger partial charge is 0.456 e. The Bertz CT molecular complexity index is 8600. The molecule has 1 heteroatoms. The summed E-state index contributed by atoms with van der Waals surface area (Å²) in [5.74, 6) is 0. The van der Waals surface area contributed by atoms with Crippen LogP contribution in [0.25, 0.3) is 273 Å². The Morgan fingerprint density at radius 2 is 0.470 bits per heavy atom. The first-order valence-electron chi connectivity index (χ1n) is 40.1. The second kappa shape index (κ2) is 23.8. The molecule has 26 aromatic rings. The second-order valence-electron chi connectivity index (χ2n) is 31.9. The summed E-state index contributed by atoms with van der Waals surface area (Å²) in [5.41, 5.74) is 23.1. The molecule has 0 aliphatic heterocycles. The molecule has 1 nitrogen and oxygen atoms in total. The molecule has 0 amide bonds. The van der Waals surface area contributed by atoms with Crippen LogP contribution >= 0.6 is 0 Å². The molecule has 0 bridgehead atoms. The van der Waals surface area contributed by atoms with Gasteiger partial charge in [0.1, 0.15) is 11.2 Å². The molecule has 26 rings (SSSR count). The normalized spacial score (nSPS) is 12.3. The Morgan fingerprint density at radius 3 is 1.02 bits per heavy atom. The third-order valence-electron chi connectivity index (χ3n) is 26.0. The first kappa shape index (κ1) is 62.7. The van der Waals surface area contributed by atoms with Crippen LogP contribution < -0.4 is 0 Å². The van der Waals surface area contributed by atoms with E-state index in [2.05, 4.69) is 388 Å². The van der Waals surface area contributed by atoms with Gasteiger partial charge in [-0.25, -0.2) is 0 Å². The van der Waals surface area contributed by atoms with Gasteiger partial charge in [-0.15, -0.1) is 0 Å². The number of hydrogen-bond acceptors (Lipinski definition) is 1. The summed E-state index contributed by atoms with van der Waals surface area (Å²) in [6.45, 7) is 0. The summed E-state index contributed by atoms with van der Waals surface area (Å²) in [4.78, 5) is 0. The predicted molar refractivity (Wildman–Crippen MR) is 492 cm³/mol. The van der Waals surface area contributed by atoms with Crippen molar-refractivity contribution in [3.63, 3.8) is 0 Å². The maximum atomic E-state index is 7.01. The molecule has 0 saturated heterocycles. The number of rotatable bonds is 9. The van der Waals surface area contributed by atoms with Crippen LogP contribution in [-0.4, -0.2) is 0 Å². The molecule has 0 fully saturated rings. The monoisotopic (exact) mass is 1450 g/mol. The highest BCUT2D eigenvalue weighted by Gasteiger charge is 2.26. The van der Waals surface area contributed by atoms with E-state index in [1.165, 1.54) is 234 Å². The molecule has 0 atom stereocenters. The van der Waals surface area contributed by atoms with Gasteiger partial charge in [-0.05, 0) is 306 Å². The summed E-state index contributed by atoms with van der Waals surface area (Å²) in [6.07, 6.45) is 0. The van der Waals surface area contributed by atoms with Crippen molar-refractivity contribution in [1.29, 1.82) is 0 Å². The van der Waals surface area contributed by atoms with E-state index >= 15 is 0 Å². The maximum absolute atomic E-state index is 7.01. The minimum absolute atomic E-state index is 0.861. The van der Waals surface area contributed by atoms with Crippen LogP contribution in [0.3, 0.4) is 0 Å². The Morgan fingerprint density at radius 1 is 0.122 bits per heavy atom. The lowest BCUT2D eigenvalue weighted by Gasteiger charge is -2.22. The molecule has 0 unspecified atom stereocenters. The van der Waals surface area contributed by atoms with Gasteiger partial charge in [0, 0.05) is 10.8 Å². The van der Waals surface area contributed by atoms with Crippen LogP contribution in [0, 0.1) is 0 Å². The average Bonchev–Trinajstić information content (AvgIpc) is 0.940. The fraction of sp³-hybridized carbons (Fsp3) is 0. The second-order valence-corrected chi connectivity index (χ2v) is 31.9. The Kier molecular flexibility index (Phi) is 13.0. The minimum Gasteiger partial charge on any atom is -0.456 e. The van der Waals surface area contributed by atoms with Crippen LogP contribution in [0.1, 0.15) is 0 Å². The predicted octanol–water partition coefficient (Wildman–Crippen LogP) is 32.5. The smallest absolute Gasteiger partial charge is 0.136 e. The van der Waals surface area contributed by atoms with E-state index in [0.29, 0.717) is 0 Å². The summed E-state index contributed by atoms with van der Waals surface area (Å²) >= 11 is 0. The number of fused-ring (bicyclic) bond motifs is 5. The van der Waals surface area contributed by atoms with Gasteiger partial charge in [0.2, 0.25) is 0 Å². The van der Waals surface area contributed by atoms with Gasteiger partial charge in [0.25, 0.3) is 0 Å². The van der Waals surface area contributed by atoms with Crippen LogP contribution in [0.4, 0.5) is 0 Å². The van der Waals surface area contributed by atoms with Crippen molar-refractivity contribution in [2.45, 2.75) is 0 Å². The van der Waals surface area contributed by atoms with E-state index in [1.807, 2.05) is 0 Å². The van der Waals surface area contributed by atoms with E-state index in [0.717, 1.165) is 38.6 Å². The molecule has 0 aliphatic carbocycles. The first-order valence-corrected chi connectivity index (χ1v) is 40.1. The van der Waals surface area contributed by atoms with Crippen LogP contribution in [0.15, 0.2) is 393 Å². The maximum Gasteiger partial charge on any atom is 0.136 e. The highest BCUT2D eigenvalue weighted by atomic mass is 16.3. The fourth-order valence-electron chi connectivity index (χ4n) is 20.8. The van der Waals surface area contributed by atoms with Gasteiger partial charge >= 0.3 is 0 Å². The lowest BCUT2D eigenvalue weighted by molar-refractivity contribution is 0.669. The number of hydrogen-bond donors (Lipinski definition) is 0. The van der Waals surface area contributed by atoms with E-state index in [1.54, 1.807) is 0 Å². The van der Waals surface area contributed by atoms with Crippen molar-refractivity contribution in [2.24, 2.45) is 0 Å². The van der Waals surface area contributed by atoms with Crippen molar-refractivity contribution in [1.82, 2.24) is 0 Å². The molecule has 115 heavy (non-hydrogen) atoms. The van der Waals surface area contributed by atoms with Gasteiger partial charge < -0.3 is 4.42 Å². The molecule has 0 spiro atoms. The Labute approximate surface area is 661 Å². The fourth-order valence-corrected chi connectivity index (χ4v) is 20.8. The first-order chi connectivity index (χ1) is 57.0. The number of furan rings is 1. The quantitative estimate of drug-likeness (QED) is 0.131. The number of benzene rings is 25. The lowest BCUT2D eigenvalue weighted by Crippen LogP contribution is -1.95. The van der Waals surface area contributed by atoms with Crippen molar-refractivity contribution >= 4 is 173 Å². The van der Waals surface area contributed by atoms with Crippen LogP contribution in [0.5, 0.6) is 0 Å². The van der Waals surface area contributed by atoms with Crippen molar-refractivity contribution < 1.29 is 4.42 Å². The van der Waals surface area contributed by atoms with Crippen molar-refractivity contribution in [3.05, 3.63) is 388 Å². The van der Waals surface area contributed by atoms with Crippen molar-refractivity contribution in [2.75, 3.05) is 0 Å². The third kappa shape index (κ3) is 9.15. The molecule has 0 aliphatic rings. The van der Waals surface area contributed by atoms with Gasteiger partial charge in [0.05, 0.1) is 0 Å². The van der Waals surface area contributed by atoms with Gasteiger partial charge in [-0.2, -0.15) is 0 Å². The van der Waals surface area contributed by atoms with Crippen LogP contribution in [0.2, 0.25) is 0 Å². The standard InChI is InChI=1S/C114H64O/c1-2-12-65(13-3-1)89-24-11-25-93(102-63-82(58-80-15-5-7-23-85(80)102)87-46-33-72-29-26-66-16-8-19-69-36-51-95(87)109(72)106(66)69)114(89)99-56-41-76-39-52-94-86(45-32-75-40-55-98(99)113(76)112(75)94)81-43-50-92-103-61-78(44-57-104(103)115-105(92)64-81)77-42-47-88(100(60-77)90-48-34-73-30-27-67-17-9-20-70-37-53-96(90)110(73)107(67)70)83-59-79-14-4-6-22-84(79)101(62-83)91-49-35-74-31-28-68-18-10-21-71-38-54-97(91)111(74)108(68)71/h1-64H. The molecule has 1 aromatic heterocycles. The third-order valence-corrected chi connectivity index (χ3v) is 26.0. The molecule has 0 N–H and O–H groups in total. The highest BCUT2D eigenvalue weighted by molar-refractivity contribution is 6.32. The summed E-state index contributed by atoms with van der Waals surface area (Å²) in [7, 11) is 0. The molecule has 0 saturated carbocycles. The topological polar surface area (TPSA) is 13.1 Å². The zero-order valence-electron chi connectivity index (χ0n) is 62.4. The summed E-state index contributed by atoms with van der Waals surface area (Å²) in [6, 6.07) is 147.